The molecule has 13 aromatic carbocycles. The standard InChI is InChI=1S/C80H58B2N6/c1-55-43-45-67-71(47-55)85(61-35-19-7-20-36-61)75-49-65(83(57-27-11-3-12-28-57)58-29-13-4-14-30-58)51-77-79(75)81(67)69-53-70-74(54-73(69)87(77)63-39-23-9-24-40-63)88(64-41-25-10-26-42-64)78-52-66(84(59-31-15-5-16-32-59)60-33-17-6-18-34-60)50-76-80(78)82(70)68-46-44-56(2)48-72(68)86(76)62-37-21-8-22-38-62/h3-54H,1-2H3. The van der Waals surface area contributed by atoms with E-state index in [1.807, 2.05) is 0 Å². The number of hydrogen-bond donors (Lipinski definition) is 0. The number of aryl methyl sites for hydroxylation is 2. The molecule has 0 fully saturated rings. The molecule has 13 aromatic rings. The van der Waals surface area contributed by atoms with Crippen LogP contribution < -0.4 is 62.2 Å². The van der Waals surface area contributed by atoms with Gasteiger partial charge in [-0.1, -0.05) is 176 Å². The molecule has 0 bridgehead atoms. The van der Waals surface area contributed by atoms with Crippen LogP contribution in [-0.4, -0.2) is 13.4 Å². The quantitative estimate of drug-likeness (QED) is 0.126. The predicted molar refractivity (Wildman–Crippen MR) is 373 cm³/mol. The molecule has 0 atom stereocenters. The van der Waals surface area contributed by atoms with Crippen LogP contribution in [0.25, 0.3) is 0 Å². The van der Waals surface area contributed by atoms with E-state index in [4.69, 9.17) is 0 Å². The molecule has 17 rings (SSSR count). The molecule has 6 nitrogen and oxygen atoms in total. The first kappa shape index (κ1) is 51.2. The minimum Gasteiger partial charge on any atom is -0.311 e. The SMILES string of the molecule is Cc1ccc2c(c1)N(c1ccccc1)c1cc(N(c3ccccc3)c3ccccc3)cc3c1B2c1cc2c(cc1N3c1ccccc1)N(c1ccccc1)c1cc(N(c3ccccc3)c3ccccc3)cc3c1B2c1ccc(C)cc1N3c1ccccc1. The van der Waals surface area contributed by atoms with Crippen molar-refractivity contribution in [2.45, 2.75) is 13.8 Å². The number of nitrogens with zero attached hydrogens (tertiary/aromatic N) is 6. The summed E-state index contributed by atoms with van der Waals surface area (Å²) in [6.45, 7) is 4.15. The van der Waals surface area contributed by atoms with Crippen LogP contribution in [0.1, 0.15) is 11.1 Å². The third kappa shape index (κ3) is 8.20. The van der Waals surface area contributed by atoms with Gasteiger partial charge < -0.3 is 29.4 Å². The molecule has 88 heavy (non-hydrogen) atoms. The number of rotatable bonds is 10. The Kier molecular flexibility index (Phi) is 12.1. The van der Waals surface area contributed by atoms with Gasteiger partial charge in [0.15, 0.2) is 0 Å². The summed E-state index contributed by atoms with van der Waals surface area (Å²) in [5.41, 5.74) is 30.0. The second kappa shape index (κ2) is 20.8. The molecule has 0 aromatic heterocycles. The third-order valence-corrected chi connectivity index (χ3v) is 18.2. The van der Waals surface area contributed by atoms with Crippen LogP contribution in [0.15, 0.2) is 315 Å². The molecule has 0 spiro atoms. The molecule has 0 saturated heterocycles. The van der Waals surface area contributed by atoms with E-state index in [2.05, 4.69) is 359 Å². The molecule has 414 valence electrons. The minimum absolute atomic E-state index is 0.155. The van der Waals surface area contributed by atoms with Crippen molar-refractivity contribution < 1.29 is 0 Å². The maximum absolute atomic E-state index is 2.64. The number of anilines is 18. The Hall–Kier alpha value is -11.2. The van der Waals surface area contributed by atoms with Gasteiger partial charge in [0.05, 0.1) is 11.4 Å². The van der Waals surface area contributed by atoms with Crippen molar-refractivity contribution in [3.8, 4) is 0 Å². The summed E-state index contributed by atoms with van der Waals surface area (Å²) < 4.78 is 0. The maximum Gasteiger partial charge on any atom is 0.252 e. The van der Waals surface area contributed by atoms with Crippen LogP contribution in [0.3, 0.4) is 0 Å². The Balaban J connectivity index is 1.00. The number of benzene rings is 13. The van der Waals surface area contributed by atoms with Gasteiger partial charge in [-0.05, 0) is 197 Å². The summed E-state index contributed by atoms with van der Waals surface area (Å²) in [7, 11) is 0. The molecule has 0 aliphatic carbocycles. The molecule has 8 heteroatoms. The zero-order chi connectivity index (χ0) is 58.4. The Labute approximate surface area is 515 Å². The van der Waals surface area contributed by atoms with Gasteiger partial charge in [-0.15, -0.1) is 0 Å². The summed E-state index contributed by atoms with van der Waals surface area (Å²) in [5.74, 6) is 0. The van der Waals surface area contributed by atoms with E-state index >= 15 is 0 Å². The number of hydrogen-bond acceptors (Lipinski definition) is 6. The van der Waals surface area contributed by atoms with Gasteiger partial charge in [0.1, 0.15) is 0 Å². The van der Waals surface area contributed by atoms with E-state index in [0.29, 0.717) is 0 Å². The number of fused-ring (bicyclic) bond motifs is 8. The smallest absolute Gasteiger partial charge is 0.252 e. The van der Waals surface area contributed by atoms with Gasteiger partial charge in [-0.3, -0.25) is 0 Å². The first-order valence-corrected chi connectivity index (χ1v) is 30.5. The minimum atomic E-state index is -0.155. The molecular formula is C80H58B2N6. The molecular weight excluding hydrogens is 1070 g/mol. The normalized spacial score (nSPS) is 13.0. The van der Waals surface area contributed by atoms with Crippen molar-refractivity contribution in [2.24, 2.45) is 0 Å². The molecule has 0 N–H and O–H groups in total. The highest BCUT2D eigenvalue weighted by Crippen LogP contribution is 2.52. The molecule has 4 heterocycles. The van der Waals surface area contributed by atoms with Crippen molar-refractivity contribution >= 4 is 149 Å². The highest BCUT2D eigenvalue weighted by Gasteiger charge is 2.49. The van der Waals surface area contributed by atoms with Crippen LogP contribution in [0, 0.1) is 13.8 Å². The first-order chi connectivity index (χ1) is 43.5. The molecule has 0 amide bonds. The van der Waals surface area contributed by atoms with E-state index in [9.17, 15) is 0 Å². The van der Waals surface area contributed by atoms with E-state index in [0.717, 1.165) is 91.0 Å². The molecule has 4 aliphatic heterocycles. The van der Waals surface area contributed by atoms with Gasteiger partial charge >= 0.3 is 0 Å². The summed E-state index contributed by atoms with van der Waals surface area (Å²) in [6, 6.07) is 117. The van der Waals surface area contributed by atoms with Crippen LogP contribution in [0.2, 0.25) is 0 Å². The Morgan fingerprint density at radius 2 is 0.466 bits per heavy atom. The lowest BCUT2D eigenvalue weighted by atomic mass is 9.30. The van der Waals surface area contributed by atoms with Crippen molar-refractivity contribution in [2.75, 3.05) is 29.4 Å². The Morgan fingerprint density at radius 3 is 0.739 bits per heavy atom. The van der Waals surface area contributed by atoms with Gasteiger partial charge in [0.2, 0.25) is 0 Å². The van der Waals surface area contributed by atoms with E-state index in [-0.39, 0.29) is 13.4 Å². The monoisotopic (exact) mass is 1120 g/mol. The first-order valence-electron chi connectivity index (χ1n) is 30.5. The van der Waals surface area contributed by atoms with Crippen LogP contribution in [0.5, 0.6) is 0 Å². The summed E-state index contributed by atoms with van der Waals surface area (Å²) in [6.07, 6.45) is 0. The molecule has 4 aliphatic rings. The van der Waals surface area contributed by atoms with Gasteiger partial charge in [-0.25, -0.2) is 0 Å². The Bertz CT molecular complexity index is 4410. The van der Waals surface area contributed by atoms with Gasteiger partial charge in [0, 0.05) is 91.0 Å². The topological polar surface area (TPSA) is 19.4 Å². The zero-order valence-corrected chi connectivity index (χ0v) is 48.9. The van der Waals surface area contributed by atoms with Gasteiger partial charge in [-0.2, -0.15) is 0 Å². The predicted octanol–water partition coefficient (Wildman–Crippen LogP) is 17.4. The fourth-order valence-corrected chi connectivity index (χ4v) is 14.6. The highest BCUT2D eigenvalue weighted by molar-refractivity contribution is 7.03. The maximum atomic E-state index is 2.64. The molecule has 0 saturated carbocycles. The van der Waals surface area contributed by atoms with E-state index < -0.39 is 0 Å². The highest BCUT2D eigenvalue weighted by atomic mass is 15.2. The zero-order valence-electron chi connectivity index (χ0n) is 48.9. The van der Waals surface area contributed by atoms with E-state index in [1.165, 1.54) is 55.3 Å². The second-order valence-electron chi connectivity index (χ2n) is 23.5. The summed E-state index contributed by atoms with van der Waals surface area (Å²) in [4.78, 5) is 15.1. The number of para-hydroxylation sites is 8. The van der Waals surface area contributed by atoms with Crippen molar-refractivity contribution in [3.63, 3.8) is 0 Å². The average molecular weight is 1130 g/mol. The van der Waals surface area contributed by atoms with Crippen LogP contribution in [0.4, 0.5) is 102 Å². The summed E-state index contributed by atoms with van der Waals surface area (Å²) >= 11 is 0. The lowest BCUT2D eigenvalue weighted by Crippen LogP contribution is -2.65. The lowest BCUT2D eigenvalue weighted by molar-refractivity contribution is 1.21. The van der Waals surface area contributed by atoms with Crippen molar-refractivity contribution in [1.82, 2.24) is 0 Å². The fourth-order valence-electron chi connectivity index (χ4n) is 14.6. The van der Waals surface area contributed by atoms with Crippen LogP contribution in [-0.2, 0) is 0 Å². The molecule has 0 unspecified atom stereocenters. The van der Waals surface area contributed by atoms with Crippen molar-refractivity contribution in [3.05, 3.63) is 327 Å². The van der Waals surface area contributed by atoms with Crippen molar-refractivity contribution in [1.29, 1.82) is 0 Å². The largest absolute Gasteiger partial charge is 0.311 e. The average Bonchev–Trinajstić information content (AvgIpc) is 0.703. The third-order valence-electron chi connectivity index (χ3n) is 18.2. The molecule has 0 radical (unpaired) electrons. The fraction of sp³-hybridized carbons (Fsp3) is 0.0250. The Morgan fingerprint density at radius 1 is 0.216 bits per heavy atom. The summed E-state index contributed by atoms with van der Waals surface area (Å²) in [5, 5.41) is 0. The lowest BCUT2D eigenvalue weighted by Gasteiger charge is -2.48. The van der Waals surface area contributed by atoms with Gasteiger partial charge in [0.25, 0.3) is 13.4 Å². The van der Waals surface area contributed by atoms with Crippen LogP contribution >= 0.6 is 0 Å². The van der Waals surface area contributed by atoms with E-state index in [1.54, 1.807) is 0 Å². The second-order valence-corrected chi connectivity index (χ2v) is 23.5.